The average molecular weight is 406 g/mol. The monoisotopic (exact) mass is 406 g/mol. The Morgan fingerprint density at radius 1 is 1.25 bits per heavy atom. The third-order valence-electron chi connectivity index (χ3n) is 1.33. The lowest BCUT2D eigenvalue weighted by atomic mass is 10.2. The fraction of sp³-hybridized carbons (Fsp3) is 0.125. The van der Waals surface area contributed by atoms with Crippen molar-refractivity contribution in [3.63, 3.8) is 0 Å². The second kappa shape index (κ2) is 4.76. The molecule has 1 aromatic carbocycles. The number of carbonyl (C=O) groups excluding carboxylic acids is 1. The Labute approximate surface area is 103 Å². The summed E-state index contributed by atoms with van der Waals surface area (Å²) in [6.45, 7) is 0. The van der Waals surface area contributed by atoms with Gasteiger partial charge in [-0.25, -0.2) is 0 Å². The molecule has 4 heteroatoms. The quantitative estimate of drug-likeness (QED) is 0.416. The van der Waals surface area contributed by atoms with Crippen LogP contribution >= 0.6 is 56.8 Å². The summed E-state index contributed by atoms with van der Waals surface area (Å²) in [7, 11) is 0. The normalized spacial score (nSPS) is 10.3. The highest BCUT2D eigenvalue weighted by atomic mass is 127. The van der Waals surface area contributed by atoms with Crippen molar-refractivity contribution in [1.29, 1.82) is 0 Å². The lowest BCUT2D eigenvalue weighted by Crippen LogP contribution is -2.05. The molecule has 0 radical (unpaired) electrons. The molecular formula is C8H5ClI2O. The van der Waals surface area contributed by atoms with Crippen LogP contribution in [0.25, 0.3) is 0 Å². The van der Waals surface area contributed by atoms with Crippen LogP contribution in [0.3, 0.4) is 0 Å². The molecule has 0 amide bonds. The van der Waals surface area contributed by atoms with Crippen LogP contribution in [0, 0.1) is 0 Å². The number of carbonyl (C=O) groups is 1. The van der Waals surface area contributed by atoms with E-state index >= 15 is 0 Å². The Morgan fingerprint density at radius 3 is 2.17 bits per heavy atom. The molecule has 0 atom stereocenters. The minimum absolute atomic E-state index is 0.0126. The summed E-state index contributed by atoms with van der Waals surface area (Å²) < 4.78 is -0.0126. The second-order valence-corrected chi connectivity index (χ2v) is 7.48. The number of rotatable bonds is 2. The van der Waals surface area contributed by atoms with Crippen molar-refractivity contribution in [2.75, 3.05) is 0 Å². The molecule has 0 aliphatic carbocycles. The predicted molar refractivity (Wildman–Crippen MR) is 67.6 cm³/mol. The van der Waals surface area contributed by atoms with Gasteiger partial charge in [-0.05, 0) is 24.3 Å². The zero-order valence-electron chi connectivity index (χ0n) is 5.93. The predicted octanol–water partition coefficient (Wildman–Crippen LogP) is 3.72. The van der Waals surface area contributed by atoms with Crippen LogP contribution in [0.1, 0.15) is 10.4 Å². The van der Waals surface area contributed by atoms with E-state index in [0.717, 1.165) is 0 Å². The van der Waals surface area contributed by atoms with Gasteiger partial charge in [0.25, 0.3) is 0 Å². The molecule has 0 unspecified atom stereocenters. The largest absolute Gasteiger partial charge is 0.292 e. The molecular weight excluding hydrogens is 401 g/mol. The summed E-state index contributed by atoms with van der Waals surface area (Å²) in [4.78, 5) is 11.4. The van der Waals surface area contributed by atoms with Crippen molar-refractivity contribution in [2.24, 2.45) is 0 Å². The van der Waals surface area contributed by atoms with Crippen molar-refractivity contribution in [3.05, 3.63) is 34.9 Å². The van der Waals surface area contributed by atoms with Gasteiger partial charge in [-0.15, -0.1) is 0 Å². The highest BCUT2D eigenvalue weighted by Crippen LogP contribution is 2.18. The molecule has 0 heterocycles. The first-order chi connectivity index (χ1) is 5.61. The topological polar surface area (TPSA) is 17.1 Å². The maximum atomic E-state index is 11.4. The summed E-state index contributed by atoms with van der Waals surface area (Å²) in [5.74, 6) is 0.132. The number of Topliss-reactive ketones (excluding diaryl/α,β-unsaturated/α-hetero) is 1. The van der Waals surface area contributed by atoms with E-state index < -0.39 is 0 Å². The molecule has 1 rings (SSSR count). The molecule has 0 N–H and O–H groups in total. The molecule has 64 valence electrons. The zero-order chi connectivity index (χ0) is 9.14. The van der Waals surface area contributed by atoms with E-state index in [2.05, 4.69) is 45.2 Å². The van der Waals surface area contributed by atoms with Crippen molar-refractivity contribution < 1.29 is 4.79 Å². The molecule has 0 saturated heterocycles. The Kier molecular flexibility index (Phi) is 4.25. The molecule has 0 fully saturated rings. The van der Waals surface area contributed by atoms with E-state index in [1.54, 1.807) is 24.3 Å². The van der Waals surface area contributed by atoms with Gasteiger partial charge >= 0.3 is 0 Å². The van der Waals surface area contributed by atoms with Crippen molar-refractivity contribution in [1.82, 2.24) is 0 Å². The van der Waals surface area contributed by atoms with Crippen LogP contribution < -0.4 is 0 Å². The van der Waals surface area contributed by atoms with Crippen LogP contribution in [0.15, 0.2) is 24.3 Å². The highest BCUT2D eigenvalue weighted by Gasteiger charge is 2.12. The third kappa shape index (κ3) is 2.85. The number of halogens is 3. The maximum absolute atomic E-state index is 11.4. The molecule has 0 spiro atoms. The summed E-state index contributed by atoms with van der Waals surface area (Å²) in [5.41, 5.74) is 0.716. The Balaban J connectivity index is 2.90. The summed E-state index contributed by atoms with van der Waals surface area (Å²) in [6, 6.07) is 6.94. The van der Waals surface area contributed by atoms with Crippen LogP contribution in [0.5, 0.6) is 0 Å². The Morgan fingerprint density at radius 2 is 1.75 bits per heavy atom. The third-order valence-corrected chi connectivity index (χ3v) is 2.71. The van der Waals surface area contributed by atoms with Crippen LogP contribution in [-0.4, -0.2) is 7.71 Å². The minimum Gasteiger partial charge on any atom is -0.292 e. The van der Waals surface area contributed by atoms with Gasteiger partial charge in [-0.1, -0.05) is 56.8 Å². The van der Waals surface area contributed by atoms with Crippen LogP contribution in [-0.2, 0) is 0 Å². The van der Waals surface area contributed by atoms with E-state index in [-0.39, 0.29) is 7.71 Å². The molecule has 0 aliphatic heterocycles. The Bertz CT molecular complexity index is 282. The minimum atomic E-state index is -0.0126. The number of hydrogen-bond donors (Lipinski definition) is 0. The van der Waals surface area contributed by atoms with Gasteiger partial charge in [0.1, 0.15) is 1.93 Å². The summed E-state index contributed by atoms with van der Waals surface area (Å²) in [6.07, 6.45) is 0. The highest BCUT2D eigenvalue weighted by molar-refractivity contribution is 14.2. The Hall–Kier alpha value is 0.640. The number of alkyl halides is 2. The van der Waals surface area contributed by atoms with Gasteiger partial charge in [0, 0.05) is 10.6 Å². The van der Waals surface area contributed by atoms with E-state index in [9.17, 15) is 4.79 Å². The maximum Gasteiger partial charge on any atom is 0.185 e. The second-order valence-electron chi connectivity index (χ2n) is 2.17. The number of benzene rings is 1. The van der Waals surface area contributed by atoms with Crippen molar-refractivity contribution in [2.45, 2.75) is 1.93 Å². The molecule has 1 aromatic rings. The molecule has 0 bridgehead atoms. The molecule has 0 aliphatic rings. The van der Waals surface area contributed by atoms with E-state index in [1.807, 2.05) is 0 Å². The fourth-order valence-corrected chi connectivity index (χ4v) is 1.59. The van der Waals surface area contributed by atoms with Gasteiger partial charge in [-0.3, -0.25) is 4.79 Å². The lowest BCUT2D eigenvalue weighted by Gasteiger charge is -2.00. The van der Waals surface area contributed by atoms with Crippen LogP contribution in [0.2, 0.25) is 5.02 Å². The number of hydrogen-bond acceptors (Lipinski definition) is 1. The first-order valence-electron chi connectivity index (χ1n) is 3.19. The molecule has 1 nitrogen and oxygen atoms in total. The zero-order valence-corrected chi connectivity index (χ0v) is 11.0. The number of ketones is 1. The molecule has 0 saturated carbocycles. The van der Waals surface area contributed by atoms with Gasteiger partial charge in [-0.2, -0.15) is 0 Å². The average Bonchev–Trinajstić information content (AvgIpc) is 2.04. The SMILES string of the molecule is O=C(c1ccc(Cl)cc1)C(I)I. The molecule has 12 heavy (non-hydrogen) atoms. The summed E-state index contributed by atoms with van der Waals surface area (Å²) in [5, 5.41) is 0.657. The van der Waals surface area contributed by atoms with E-state index in [1.165, 1.54) is 0 Å². The first-order valence-corrected chi connectivity index (χ1v) is 6.06. The van der Waals surface area contributed by atoms with E-state index in [4.69, 9.17) is 11.6 Å². The first kappa shape index (κ1) is 10.7. The summed E-state index contributed by atoms with van der Waals surface area (Å²) >= 11 is 9.85. The van der Waals surface area contributed by atoms with Crippen molar-refractivity contribution in [3.8, 4) is 0 Å². The van der Waals surface area contributed by atoms with Crippen LogP contribution in [0.4, 0.5) is 0 Å². The van der Waals surface area contributed by atoms with Crippen molar-refractivity contribution >= 4 is 62.6 Å². The molecule has 0 aromatic heterocycles. The van der Waals surface area contributed by atoms with E-state index in [0.29, 0.717) is 10.6 Å². The van der Waals surface area contributed by atoms with Gasteiger partial charge in [0.15, 0.2) is 5.78 Å². The smallest absolute Gasteiger partial charge is 0.185 e. The lowest BCUT2D eigenvalue weighted by molar-refractivity contribution is 0.102. The van der Waals surface area contributed by atoms with Gasteiger partial charge in [0.2, 0.25) is 0 Å². The standard InChI is InChI=1S/C8H5ClI2O/c9-6-3-1-5(2-4-6)7(12)8(10)11/h1-4,8H. The fourth-order valence-electron chi connectivity index (χ4n) is 0.740. The van der Waals surface area contributed by atoms with Gasteiger partial charge < -0.3 is 0 Å². The van der Waals surface area contributed by atoms with Gasteiger partial charge in [0.05, 0.1) is 0 Å².